The van der Waals surface area contributed by atoms with Gasteiger partial charge < -0.3 is 0 Å². The summed E-state index contributed by atoms with van der Waals surface area (Å²) in [5, 5.41) is 0.634. The van der Waals surface area contributed by atoms with Crippen LogP contribution in [0.5, 0.6) is 0 Å². The maximum Gasteiger partial charge on any atom is 0.185 e. The lowest BCUT2D eigenvalue weighted by molar-refractivity contribution is 0.104. The highest BCUT2D eigenvalue weighted by Gasteiger charge is 2.01. The molecule has 0 heterocycles. The van der Waals surface area contributed by atoms with E-state index >= 15 is 0 Å². The number of rotatable bonds is 5. The van der Waals surface area contributed by atoms with Gasteiger partial charge in [0.2, 0.25) is 0 Å². The average molecular weight is 303 g/mol. The molecule has 0 saturated carbocycles. The van der Waals surface area contributed by atoms with E-state index in [1.165, 1.54) is 4.90 Å². The van der Waals surface area contributed by atoms with Gasteiger partial charge >= 0.3 is 0 Å². The molecular weight excluding hydrogens is 288 g/mol. The summed E-state index contributed by atoms with van der Waals surface area (Å²) in [5.41, 5.74) is 1.66. The van der Waals surface area contributed by atoms with E-state index in [9.17, 15) is 4.79 Å². The zero-order valence-electron chi connectivity index (χ0n) is 11.2. The number of ketones is 1. The fourth-order valence-corrected chi connectivity index (χ4v) is 2.51. The lowest BCUT2D eigenvalue weighted by Gasteiger charge is -1.99. The quantitative estimate of drug-likeness (QED) is 0.421. The van der Waals surface area contributed by atoms with Gasteiger partial charge in [0.15, 0.2) is 5.78 Å². The molecule has 2 aromatic carbocycles. The van der Waals surface area contributed by atoms with Gasteiger partial charge in [-0.2, -0.15) is 0 Å². The summed E-state index contributed by atoms with van der Waals surface area (Å²) in [6.45, 7) is 2.13. The minimum atomic E-state index is -0.0197. The molecule has 20 heavy (non-hydrogen) atoms. The van der Waals surface area contributed by atoms with Crippen LogP contribution in [0.2, 0.25) is 5.02 Å². The second-order valence-electron chi connectivity index (χ2n) is 4.21. The lowest BCUT2D eigenvalue weighted by atomic mass is 10.1. The van der Waals surface area contributed by atoms with Crippen molar-refractivity contribution in [2.45, 2.75) is 11.8 Å². The van der Waals surface area contributed by atoms with Crippen LogP contribution in [0.25, 0.3) is 6.08 Å². The van der Waals surface area contributed by atoms with Crippen molar-refractivity contribution in [2.75, 3.05) is 5.75 Å². The summed E-state index contributed by atoms with van der Waals surface area (Å²) in [6.07, 6.45) is 3.42. The van der Waals surface area contributed by atoms with Crippen LogP contribution in [0, 0.1) is 0 Å². The number of benzene rings is 2. The lowest BCUT2D eigenvalue weighted by Crippen LogP contribution is -1.92. The molecule has 0 fully saturated rings. The number of hydrogen-bond donors (Lipinski definition) is 0. The Hall–Kier alpha value is -1.51. The van der Waals surface area contributed by atoms with E-state index in [0.29, 0.717) is 10.6 Å². The Morgan fingerprint density at radius 3 is 2.35 bits per heavy atom. The van der Waals surface area contributed by atoms with Crippen LogP contribution in [-0.2, 0) is 0 Å². The molecule has 3 heteroatoms. The predicted molar refractivity (Wildman–Crippen MR) is 87.7 cm³/mol. The molecule has 0 bridgehead atoms. The smallest absolute Gasteiger partial charge is 0.185 e. The molecule has 2 rings (SSSR count). The predicted octanol–water partition coefficient (Wildman–Crippen LogP) is 5.35. The van der Waals surface area contributed by atoms with E-state index in [1.54, 1.807) is 42.1 Å². The molecule has 0 aliphatic carbocycles. The Labute approximate surface area is 128 Å². The third-order valence-corrected chi connectivity index (χ3v) is 3.89. The molecule has 0 aliphatic rings. The van der Waals surface area contributed by atoms with E-state index < -0.39 is 0 Å². The molecule has 0 unspecified atom stereocenters. The zero-order valence-corrected chi connectivity index (χ0v) is 12.7. The van der Waals surface area contributed by atoms with Gasteiger partial charge in [-0.3, -0.25) is 4.79 Å². The molecular formula is C17H15ClOS. The van der Waals surface area contributed by atoms with E-state index in [4.69, 9.17) is 11.6 Å². The first-order valence-electron chi connectivity index (χ1n) is 6.40. The van der Waals surface area contributed by atoms with Crippen LogP contribution in [0.15, 0.2) is 59.5 Å². The molecule has 102 valence electrons. The molecule has 1 nitrogen and oxygen atoms in total. The van der Waals surface area contributed by atoms with Gasteiger partial charge in [0, 0.05) is 15.5 Å². The number of allylic oxidation sites excluding steroid dienone is 1. The molecule has 0 N–H and O–H groups in total. The summed E-state index contributed by atoms with van der Waals surface area (Å²) in [6, 6.07) is 15.1. The molecule has 0 aliphatic heterocycles. The maximum absolute atomic E-state index is 12.0. The Balaban J connectivity index is 2.04. The van der Waals surface area contributed by atoms with Gasteiger partial charge in [0.25, 0.3) is 0 Å². The number of carbonyl (C=O) groups is 1. The fourth-order valence-electron chi connectivity index (χ4n) is 1.72. The van der Waals surface area contributed by atoms with Crippen LogP contribution < -0.4 is 0 Å². The maximum atomic E-state index is 12.0. The highest BCUT2D eigenvalue weighted by atomic mass is 35.5. The second-order valence-corrected chi connectivity index (χ2v) is 5.98. The van der Waals surface area contributed by atoms with Gasteiger partial charge in [-0.25, -0.2) is 0 Å². The van der Waals surface area contributed by atoms with Gasteiger partial charge in [-0.1, -0.05) is 36.7 Å². The Morgan fingerprint density at radius 1 is 1.10 bits per heavy atom. The number of carbonyl (C=O) groups excluding carboxylic acids is 1. The van der Waals surface area contributed by atoms with Crippen LogP contribution >= 0.6 is 23.4 Å². The van der Waals surface area contributed by atoms with Crippen molar-refractivity contribution in [1.29, 1.82) is 0 Å². The van der Waals surface area contributed by atoms with E-state index in [2.05, 4.69) is 19.1 Å². The minimum absolute atomic E-state index is 0.0197. The van der Waals surface area contributed by atoms with Crippen molar-refractivity contribution >= 4 is 35.2 Å². The number of thioether (sulfide) groups is 1. The summed E-state index contributed by atoms with van der Waals surface area (Å²) in [5.74, 6) is 1.04. The monoisotopic (exact) mass is 302 g/mol. The third kappa shape index (κ3) is 4.26. The first-order valence-corrected chi connectivity index (χ1v) is 7.76. The summed E-state index contributed by atoms with van der Waals surface area (Å²) in [7, 11) is 0. The van der Waals surface area contributed by atoms with Crippen molar-refractivity contribution in [2.24, 2.45) is 0 Å². The number of hydrogen-bond acceptors (Lipinski definition) is 2. The van der Waals surface area contributed by atoms with Crippen LogP contribution in [-0.4, -0.2) is 11.5 Å². The molecule has 0 atom stereocenters. The van der Waals surface area contributed by atoms with E-state index in [0.717, 1.165) is 11.3 Å². The highest BCUT2D eigenvalue weighted by Crippen LogP contribution is 2.18. The third-order valence-electron chi connectivity index (χ3n) is 2.75. The van der Waals surface area contributed by atoms with Crippen LogP contribution in [0.4, 0.5) is 0 Å². The second kappa shape index (κ2) is 7.32. The summed E-state index contributed by atoms with van der Waals surface area (Å²) >= 11 is 7.60. The zero-order chi connectivity index (χ0) is 14.4. The summed E-state index contributed by atoms with van der Waals surface area (Å²) in [4.78, 5) is 13.2. The Kier molecular flexibility index (Phi) is 5.45. The number of halogens is 1. The van der Waals surface area contributed by atoms with Crippen LogP contribution in [0.1, 0.15) is 22.8 Å². The average Bonchev–Trinajstić information content (AvgIpc) is 2.47. The van der Waals surface area contributed by atoms with E-state index in [1.807, 2.05) is 18.2 Å². The van der Waals surface area contributed by atoms with Gasteiger partial charge in [-0.05, 0) is 53.8 Å². The topological polar surface area (TPSA) is 17.1 Å². The molecule has 0 amide bonds. The van der Waals surface area contributed by atoms with Gasteiger partial charge in [0.1, 0.15) is 0 Å². The SMILES string of the molecule is CCSc1ccc(/C=C/C(=O)c2ccc(Cl)cc2)cc1. The van der Waals surface area contributed by atoms with Crippen LogP contribution in [0.3, 0.4) is 0 Å². The Morgan fingerprint density at radius 2 is 1.75 bits per heavy atom. The van der Waals surface area contributed by atoms with E-state index in [-0.39, 0.29) is 5.78 Å². The molecule has 2 aromatic rings. The van der Waals surface area contributed by atoms with Crippen molar-refractivity contribution in [1.82, 2.24) is 0 Å². The van der Waals surface area contributed by atoms with Crippen molar-refractivity contribution in [3.8, 4) is 0 Å². The molecule has 0 aromatic heterocycles. The summed E-state index contributed by atoms with van der Waals surface area (Å²) < 4.78 is 0. The molecule has 0 spiro atoms. The molecule has 0 saturated heterocycles. The molecule has 0 radical (unpaired) electrons. The Bertz CT molecular complexity index is 600. The highest BCUT2D eigenvalue weighted by molar-refractivity contribution is 7.99. The van der Waals surface area contributed by atoms with Crippen molar-refractivity contribution in [3.05, 3.63) is 70.8 Å². The first-order chi connectivity index (χ1) is 9.69. The minimum Gasteiger partial charge on any atom is -0.289 e. The normalized spacial score (nSPS) is 10.9. The fraction of sp³-hybridized carbons (Fsp3) is 0.118. The van der Waals surface area contributed by atoms with Gasteiger partial charge in [0.05, 0.1) is 0 Å². The van der Waals surface area contributed by atoms with Crippen molar-refractivity contribution in [3.63, 3.8) is 0 Å². The first kappa shape index (κ1) is 14.9. The largest absolute Gasteiger partial charge is 0.289 e. The standard InChI is InChI=1S/C17H15ClOS/c1-2-20-16-10-3-13(4-11-16)5-12-17(19)14-6-8-15(18)9-7-14/h3-12H,2H2,1H3/b12-5+. The van der Waals surface area contributed by atoms with Crippen molar-refractivity contribution < 1.29 is 4.79 Å². The van der Waals surface area contributed by atoms with Gasteiger partial charge in [-0.15, -0.1) is 11.8 Å².